The highest BCUT2D eigenvalue weighted by molar-refractivity contribution is 5.99. The van der Waals surface area contributed by atoms with Crippen LogP contribution in [0.25, 0.3) is 16.5 Å². The van der Waals surface area contributed by atoms with E-state index in [0.717, 1.165) is 45.5 Å². The number of rotatable bonds is 6. The van der Waals surface area contributed by atoms with Crippen molar-refractivity contribution in [3.05, 3.63) is 83.8 Å². The second-order valence-electron chi connectivity index (χ2n) is 6.02. The third-order valence-electron chi connectivity index (χ3n) is 4.28. The third kappa shape index (κ3) is 4.08. The van der Waals surface area contributed by atoms with Crippen LogP contribution in [0, 0.1) is 5.41 Å². The van der Waals surface area contributed by atoms with Crippen molar-refractivity contribution >= 4 is 22.4 Å². The Balaban J connectivity index is 1.98. The molecule has 1 aliphatic carbocycles. The van der Waals surface area contributed by atoms with Crippen LogP contribution in [0.5, 0.6) is 0 Å². The van der Waals surface area contributed by atoms with Crippen LogP contribution >= 0.6 is 0 Å². The summed E-state index contributed by atoms with van der Waals surface area (Å²) in [5.74, 6) is 0.995. The normalized spacial score (nSPS) is 15.7. The highest BCUT2D eigenvalue weighted by Gasteiger charge is 2.11. The lowest BCUT2D eigenvalue weighted by molar-refractivity contribution is 0.305. The Morgan fingerprint density at radius 3 is 3.00 bits per heavy atom. The summed E-state index contributed by atoms with van der Waals surface area (Å²) in [5.41, 5.74) is 4.47. The monoisotopic (exact) mass is 361 g/mol. The van der Waals surface area contributed by atoms with Crippen molar-refractivity contribution < 1.29 is 9.47 Å². The largest absolute Gasteiger partial charge is 0.497 e. The molecule has 1 aromatic heterocycles. The van der Waals surface area contributed by atoms with Crippen LogP contribution in [0.4, 0.5) is 0 Å². The number of H-pyrrole nitrogens is 1. The Kier molecular flexibility index (Phi) is 5.71. The van der Waals surface area contributed by atoms with E-state index in [2.05, 4.69) is 22.9 Å². The molecule has 0 bridgehead atoms. The van der Waals surface area contributed by atoms with Gasteiger partial charge in [0, 0.05) is 16.5 Å². The Hall–Kier alpha value is -3.34. The molecule has 0 saturated carbocycles. The molecule has 0 aliphatic heterocycles. The first-order valence-corrected chi connectivity index (χ1v) is 8.82. The maximum absolute atomic E-state index is 8.01. The molecule has 0 radical (unpaired) electrons. The van der Waals surface area contributed by atoms with E-state index in [-0.39, 0.29) is 5.90 Å². The Morgan fingerprint density at radius 1 is 1.41 bits per heavy atom. The molecule has 0 amide bonds. The smallest absolute Gasteiger partial charge is 0.213 e. The van der Waals surface area contributed by atoms with Gasteiger partial charge < -0.3 is 9.47 Å². The van der Waals surface area contributed by atoms with Crippen molar-refractivity contribution in [1.29, 1.82) is 5.41 Å². The number of allylic oxidation sites excluding steroid dienone is 8. The molecule has 5 nitrogen and oxygen atoms in total. The van der Waals surface area contributed by atoms with Gasteiger partial charge in [0.2, 0.25) is 5.90 Å². The fraction of sp³-hybridized carbons (Fsp3) is 0.182. The molecule has 2 aromatic rings. The van der Waals surface area contributed by atoms with E-state index in [9.17, 15) is 0 Å². The maximum Gasteiger partial charge on any atom is 0.213 e. The third-order valence-corrected chi connectivity index (χ3v) is 4.28. The number of hydrogen-bond donors (Lipinski definition) is 2. The average molecular weight is 361 g/mol. The van der Waals surface area contributed by atoms with Gasteiger partial charge in [0.25, 0.3) is 0 Å². The number of methoxy groups -OCH3 is 1. The number of nitrogens with one attached hydrogen (secondary N) is 2. The van der Waals surface area contributed by atoms with Crippen molar-refractivity contribution in [2.24, 2.45) is 0 Å². The highest BCUT2D eigenvalue weighted by Crippen LogP contribution is 2.26. The van der Waals surface area contributed by atoms with Gasteiger partial charge in [-0.15, -0.1) is 0 Å². The molecule has 0 saturated heterocycles. The number of aromatic amines is 1. The Morgan fingerprint density at radius 2 is 2.26 bits per heavy atom. The number of ether oxygens (including phenoxy) is 2. The van der Waals surface area contributed by atoms with E-state index in [4.69, 9.17) is 14.9 Å². The quantitative estimate of drug-likeness (QED) is 0.436. The van der Waals surface area contributed by atoms with Gasteiger partial charge in [0.05, 0.1) is 24.9 Å². The summed E-state index contributed by atoms with van der Waals surface area (Å²) in [5, 5.41) is 16.4. The molecule has 27 heavy (non-hydrogen) atoms. The number of benzene rings is 1. The zero-order chi connectivity index (χ0) is 19.2. The molecule has 0 atom stereocenters. The van der Waals surface area contributed by atoms with Gasteiger partial charge in [0.15, 0.2) is 0 Å². The molecule has 1 heterocycles. The average Bonchev–Trinajstić information content (AvgIpc) is 3.12. The zero-order valence-electron chi connectivity index (χ0n) is 15.6. The number of hydrogen-bond acceptors (Lipinski definition) is 4. The molecule has 2 N–H and O–H groups in total. The SMILES string of the molecule is C=C/C(=C/C=C1/C=C(OC)C=CC1)c1n[nH]c2ccc(C(=N)OCC)cc12. The molecular weight excluding hydrogens is 338 g/mol. The number of nitrogens with zero attached hydrogens (tertiary/aromatic N) is 1. The lowest BCUT2D eigenvalue weighted by atomic mass is 10.0. The first kappa shape index (κ1) is 18.5. The van der Waals surface area contributed by atoms with E-state index in [1.807, 2.05) is 49.4 Å². The molecule has 1 aromatic carbocycles. The first-order chi connectivity index (χ1) is 13.2. The van der Waals surface area contributed by atoms with E-state index in [1.54, 1.807) is 13.2 Å². The second-order valence-corrected chi connectivity index (χ2v) is 6.02. The Labute approximate surface area is 158 Å². The fourth-order valence-corrected chi connectivity index (χ4v) is 2.89. The van der Waals surface area contributed by atoms with Crippen LogP contribution in [0.2, 0.25) is 0 Å². The predicted octanol–water partition coefficient (Wildman–Crippen LogP) is 4.91. The summed E-state index contributed by atoms with van der Waals surface area (Å²) >= 11 is 0. The zero-order valence-corrected chi connectivity index (χ0v) is 15.6. The lowest BCUT2D eigenvalue weighted by Gasteiger charge is -2.08. The minimum Gasteiger partial charge on any atom is -0.497 e. The van der Waals surface area contributed by atoms with Gasteiger partial charge >= 0.3 is 0 Å². The van der Waals surface area contributed by atoms with Crippen LogP contribution in [0.1, 0.15) is 24.6 Å². The molecule has 0 spiro atoms. The van der Waals surface area contributed by atoms with Gasteiger partial charge in [-0.3, -0.25) is 10.5 Å². The van der Waals surface area contributed by atoms with Gasteiger partial charge in [-0.1, -0.05) is 30.9 Å². The van der Waals surface area contributed by atoms with Gasteiger partial charge in [-0.2, -0.15) is 5.10 Å². The van der Waals surface area contributed by atoms with Crippen LogP contribution in [-0.2, 0) is 9.47 Å². The van der Waals surface area contributed by atoms with Crippen molar-refractivity contribution in [3.8, 4) is 0 Å². The maximum atomic E-state index is 8.01. The van der Waals surface area contributed by atoms with E-state index in [0.29, 0.717) is 6.61 Å². The molecule has 0 fully saturated rings. The fourth-order valence-electron chi connectivity index (χ4n) is 2.89. The molecule has 5 heteroatoms. The van der Waals surface area contributed by atoms with Crippen molar-refractivity contribution in [2.75, 3.05) is 13.7 Å². The van der Waals surface area contributed by atoms with Crippen molar-refractivity contribution in [2.45, 2.75) is 13.3 Å². The summed E-state index contributed by atoms with van der Waals surface area (Å²) in [6.45, 7) is 6.26. The predicted molar refractivity (Wildman–Crippen MR) is 110 cm³/mol. The van der Waals surface area contributed by atoms with Crippen molar-refractivity contribution in [1.82, 2.24) is 10.2 Å². The van der Waals surface area contributed by atoms with Gasteiger partial charge in [-0.05, 0) is 49.3 Å². The van der Waals surface area contributed by atoms with E-state index < -0.39 is 0 Å². The molecule has 0 unspecified atom stereocenters. The lowest BCUT2D eigenvalue weighted by Crippen LogP contribution is -2.04. The minimum absolute atomic E-state index is 0.157. The summed E-state index contributed by atoms with van der Waals surface area (Å²) in [7, 11) is 1.66. The summed E-state index contributed by atoms with van der Waals surface area (Å²) in [6, 6.07) is 5.68. The van der Waals surface area contributed by atoms with Gasteiger partial charge in [0.1, 0.15) is 5.76 Å². The number of fused-ring (bicyclic) bond motifs is 1. The van der Waals surface area contributed by atoms with Crippen LogP contribution in [-0.4, -0.2) is 29.8 Å². The Bertz CT molecular complexity index is 990. The molecule has 3 rings (SSSR count). The highest BCUT2D eigenvalue weighted by atomic mass is 16.5. The summed E-state index contributed by atoms with van der Waals surface area (Å²) in [6.07, 6.45) is 12.7. The van der Waals surface area contributed by atoms with E-state index in [1.165, 1.54) is 0 Å². The van der Waals surface area contributed by atoms with Crippen LogP contribution < -0.4 is 0 Å². The minimum atomic E-state index is 0.157. The standard InChI is InChI=1S/C22H23N3O2/c1-4-16(10-9-15-7-6-8-18(13-15)26-3)21-19-14-17(22(23)27-5-2)11-12-20(19)24-25-21/h4,6,8-14,23H,1,5,7H2,2-3H3,(H,24,25)/b15-9+,16-10-,23-22?. The second kappa shape index (κ2) is 8.36. The van der Waals surface area contributed by atoms with Crippen molar-refractivity contribution in [3.63, 3.8) is 0 Å². The van der Waals surface area contributed by atoms with Crippen LogP contribution in [0.15, 0.2) is 72.6 Å². The number of aromatic nitrogens is 2. The van der Waals surface area contributed by atoms with E-state index >= 15 is 0 Å². The summed E-state index contributed by atoms with van der Waals surface area (Å²) in [4.78, 5) is 0. The first-order valence-electron chi connectivity index (χ1n) is 8.82. The van der Waals surface area contributed by atoms with Gasteiger partial charge in [-0.25, -0.2) is 0 Å². The molecule has 138 valence electrons. The molecule has 1 aliphatic rings. The molecular formula is C22H23N3O2. The topological polar surface area (TPSA) is 71.0 Å². The van der Waals surface area contributed by atoms with Crippen LogP contribution in [0.3, 0.4) is 0 Å². The summed E-state index contributed by atoms with van der Waals surface area (Å²) < 4.78 is 10.6.